The van der Waals surface area contributed by atoms with E-state index >= 15 is 0 Å². The van der Waals surface area contributed by atoms with Crippen LogP contribution < -0.4 is 0 Å². The molecule has 1 N–H and O–H groups in total. The van der Waals surface area contributed by atoms with Crippen LogP contribution in [0.5, 0.6) is 0 Å². The summed E-state index contributed by atoms with van der Waals surface area (Å²) in [7, 11) is 3.50. The van der Waals surface area contributed by atoms with Crippen molar-refractivity contribution in [2.24, 2.45) is 0 Å². The van der Waals surface area contributed by atoms with Gasteiger partial charge in [-0.25, -0.2) is 4.98 Å². The Hall–Kier alpha value is -1.69. The molecule has 2 aromatic heterocycles. The molecule has 0 fully saturated rings. The zero-order valence-electron chi connectivity index (χ0n) is 10.7. The number of pyridine rings is 1. The molecule has 0 saturated heterocycles. The van der Waals surface area contributed by atoms with E-state index in [0.29, 0.717) is 17.7 Å². The number of aryl methyl sites for hydroxylation is 2. The van der Waals surface area contributed by atoms with Crippen molar-refractivity contribution in [3.63, 3.8) is 0 Å². The fourth-order valence-electron chi connectivity index (χ4n) is 1.76. The first-order valence-electron chi connectivity index (χ1n) is 5.75. The number of aromatic amines is 1. The highest BCUT2D eigenvalue weighted by Crippen LogP contribution is 2.13. The van der Waals surface area contributed by atoms with Gasteiger partial charge in [0.05, 0.1) is 5.52 Å². The molecule has 0 unspecified atom stereocenters. The van der Waals surface area contributed by atoms with E-state index in [-0.39, 0.29) is 5.91 Å². The van der Waals surface area contributed by atoms with Crippen molar-refractivity contribution >= 4 is 29.3 Å². The third-order valence-corrected chi connectivity index (χ3v) is 3.13. The van der Waals surface area contributed by atoms with E-state index < -0.39 is 0 Å². The minimum Gasteiger partial charge on any atom is -0.349 e. The second kappa shape index (κ2) is 4.89. The third kappa shape index (κ3) is 2.43. The SMILES string of the molecule is Cc1ccc2[nH]c(=S)n(CCC(=O)N(C)C)c2n1. The average molecular weight is 264 g/mol. The molecule has 0 aliphatic heterocycles. The van der Waals surface area contributed by atoms with Crippen molar-refractivity contribution in [3.05, 3.63) is 22.6 Å². The van der Waals surface area contributed by atoms with Crippen molar-refractivity contribution in [2.45, 2.75) is 19.9 Å². The smallest absolute Gasteiger partial charge is 0.223 e. The molecule has 6 heteroatoms. The van der Waals surface area contributed by atoms with E-state index in [1.165, 1.54) is 0 Å². The van der Waals surface area contributed by atoms with Crippen molar-refractivity contribution < 1.29 is 4.79 Å². The van der Waals surface area contributed by atoms with E-state index in [1.807, 2.05) is 23.6 Å². The summed E-state index contributed by atoms with van der Waals surface area (Å²) in [5, 5.41) is 0. The van der Waals surface area contributed by atoms with Crippen LogP contribution in [0.3, 0.4) is 0 Å². The van der Waals surface area contributed by atoms with Crippen molar-refractivity contribution in [2.75, 3.05) is 14.1 Å². The second-order valence-electron chi connectivity index (χ2n) is 4.44. The number of amides is 1. The number of aromatic nitrogens is 3. The van der Waals surface area contributed by atoms with Crippen LogP contribution in [0.4, 0.5) is 0 Å². The Morgan fingerprint density at radius 1 is 1.50 bits per heavy atom. The second-order valence-corrected chi connectivity index (χ2v) is 4.83. The topological polar surface area (TPSA) is 53.9 Å². The maximum absolute atomic E-state index is 11.6. The molecule has 18 heavy (non-hydrogen) atoms. The van der Waals surface area contributed by atoms with Crippen LogP contribution in [0.25, 0.3) is 11.2 Å². The van der Waals surface area contributed by atoms with Gasteiger partial charge in [-0.2, -0.15) is 0 Å². The zero-order valence-corrected chi connectivity index (χ0v) is 11.5. The molecule has 0 saturated carbocycles. The molecule has 2 heterocycles. The number of nitrogens with one attached hydrogen (secondary N) is 1. The number of hydrogen-bond acceptors (Lipinski definition) is 3. The molecular weight excluding hydrogens is 248 g/mol. The minimum atomic E-state index is 0.0823. The van der Waals surface area contributed by atoms with E-state index in [9.17, 15) is 4.79 Å². The first-order chi connectivity index (χ1) is 8.49. The molecule has 5 nitrogen and oxygen atoms in total. The highest BCUT2D eigenvalue weighted by molar-refractivity contribution is 7.71. The molecule has 0 atom stereocenters. The lowest BCUT2D eigenvalue weighted by molar-refractivity contribution is -0.128. The quantitative estimate of drug-likeness (QED) is 0.861. The first-order valence-corrected chi connectivity index (χ1v) is 6.16. The lowest BCUT2D eigenvalue weighted by atomic mass is 10.3. The Morgan fingerprint density at radius 3 is 2.89 bits per heavy atom. The molecule has 1 amide bonds. The van der Waals surface area contributed by atoms with E-state index in [2.05, 4.69) is 9.97 Å². The number of nitrogens with zero attached hydrogens (tertiary/aromatic N) is 3. The molecule has 0 aliphatic rings. The van der Waals surface area contributed by atoms with Gasteiger partial charge in [-0.3, -0.25) is 4.79 Å². The monoisotopic (exact) mass is 264 g/mol. The minimum absolute atomic E-state index is 0.0823. The fourth-order valence-corrected chi connectivity index (χ4v) is 2.05. The number of H-pyrrole nitrogens is 1. The molecule has 2 aromatic rings. The van der Waals surface area contributed by atoms with Crippen LogP contribution in [0.1, 0.15) is 12.1 Å². The van der Waals surface area contributed by atoms with Gasteiger partial charge in [0.1, 0.15) is 0 Å². The summed E-state index contributed by atoms with van der Waals surface area (Å²) < 4.78 is 2.48. The highest BCUT2D eigenvalue weighted by atomic mass is 32.1. The Bertz CT molecular complexity index is 641. The number of imidazole rings is 1. The summed E-state index contributed by atoms with van der Waals surface area (Å²) in [5.41, 5.74) is 2.65. The predicted molar refractivity (Wildman–Crippen MR) is 73.0 cm³/mol. The molecule has 0 spiro atoms. The third-order valence-electron chi connectivity index (χ3n) is 2.80. The maximum Gasteiger partial charge on any atom is 0.223 e. The fraction of sp³-hybridized carbons (Fsp3) is 0.417. The number of carbonyl (C=O) groups is 1. The Balaban J connectivity index is 2.33. The molecule has 2 rings (SSSR count). The van der Waals surface area contributed by atoms with Crippen LogP contribution in [0.2, 0.25) is 0 Å². The Morgan fingerprint density at radius 2 is 2.22 bits per heavy atom. The number of hydrogen-bond donors (Lipinski definition) is 1. The van der Waals surface area contributed by atoms with Gasteiger partial charge >= 0.3 is 0 Å². The number of fused-ring (bicyclic) bond motifs is 1. The van der Waals surface area contributed by atoms with Crippen LogP contribution in [0.15, 0.2) is 12.1 Å². The van der Waals surface area contributed by atoms with Gasteiger partial charge in [-0.1, -0.05) is 0 Å². The maximum atomic E-state index is 11.6. The summed E-state index contributed by atoms with van der Waals surface area (Å²) in [6.45, 7) is 2.48. The van der Waals surface area contributed by atoms with Gasteiger partial charge in [0.25, 0.3) is 0 Å². The highest BCUT2D eigenvalue weighted by Gasteiger charge is 2.09. The van der Waals surface area contributed by atoms with Gasteiger partial charge in [0, 0.05) is 32.8 Å². The van der Waals surface area contributed by atoms with Crippen LogP contribution >= 0.6 is 12.2 Å². The first kappa shape index (κ1) is 12.8. The average Bonchev–Trinajstić information content (AvgIpc) is 2.61. The summed E-state index contributed by atoms with van der Waals surface area (Å²) in [4.78, 5) is 20.7. The Kier molecular flexibility index (Phi) is 3.47. The van der Waals surface area contributed by atoms with Crippen molar-refractivity contribution in [1.29, 1.82) is 0 Å². The number of carbonyl (C=O) groups excluding carboxylic acids is 1. The van der Waals surface area contributed by atoms with Crippen LogP contribution in [0, 0.1) is 11.7 Å². The normalized spacial score (nSPS) is 10.8. The van der Waals surface area contributed by atoms with Gasteiger partial charge in [0.15, 0.2) is 10.4 Å². The predicted octanol–water partition coefficient (Wildman–Crippen LogP) is 1.88. The van der Waals surface area contributed by atoms with E-state index in [4.69, 9.17) is 12.2 Å². The standard InChI is InChI=1S/C12H16N4OS/c1-8-4-5-9-11(13-8)16(12(18)14-9)7-6-10(17)15(2)3/h4-5H,6-7H2,1-3H3,(H,14,18). The molecular formula is C12H16N4OS. The molecule has 0 aromatic carbocycles. The molecule has 0 radical (unpaired) electrons. The van der Waals surface area contributed by atoms with Gasteiger partial charge in [0.2, 0.25) is 5.91 Å². The summed E-state index contributed by atoms with van der Waals surface area (Å²) >= 11 is 5.26. The van der Waals surface area contributed by atoms with Crippen molar-refractivity contribution in [1.82, 2.24) is 19.4 Å². The lowest BCUT2D eigenvalue weighted by Gasteiger charge is -2.10. The molecule has 0 aliphatic carbocycles. The van der Waals surface area contributed by atoms with Crippen molar-refractivity contribution in [3.8, 4) is 0 Å². The summed E-state index contributed by atoms with van der Waals surface area (Å²) in [5.74, 6) is 0.0823. The largest absolute Gasteiger partial charge is 0.349 e. The van der Waals surface area contributed by atoms with Gasteiger partial charge in [-0.05, 0) is 31.3 Å². The molecule has 96 valence electrons. The van der Waals surface area contributed by atoms with Gasteiger partial charge in [-0.15, -0.1) is 0 Å². The van der Waals surface area contributed by atoms with E-state index in [1.54, 1.807) is 19.0 Å². The van der Waals surface area contributed by atoms with Crippen LogP contribution in [-0.2, 0) is 11.3 Å². The zero-order chi connectivity index (χ0) is 13.3. The summed E-state index contributed by atoms with van der Waals surface area (Å²) in [6, 6.07) is 3.89. The lowest BCUT2D eigenvalue weighted by Crippen LogP contribution is -2.22. The van der Waals surface area contributed by atoms with Gasteiger partial charge < -0.3 is 14.5 Å². The Labute approximate surface area is 110 Å². The van der Waals surface area contributed by atoms with Crippen LogP contribution in [-0.4, -0.2) is 39.4 Å². The van der Waals surface area contributed by atoms with E-state index in [0.717, 1.165) is 16.9 Å². The number of rotatable bonds is 3. The summed E-state index contributed by atoms with van der Waals surface area (Å²) in [6.07, 6.45) is 0.421. The molecule has 0 bridgehead atoms.